The molecule has 0 aliphatic carbocycles. The topological polar surface area (TPSA) is 95.1 Å². The minimum atomic E-state index is -0.600. The van der Waals surface area contributed by atoms with Gasteiger partial charge >= 0.3 is 0 Å². The van der Waals surface area contributed by atoms with Crippen LogP contribution in [0.1, 0.15) is 21.8 Å². The van der Waals surface area contributed by atoms with Crippen LogP contribution >= 0.6 is 23.4 Å². The van der Waals surface area contributed by atoms with Crippen LogP contribution in [0.15, 0.2) is 26.7 Å². The number of nitrogens with zero attached hydrogens (tertiary/aromatic N) is 1. The smallest absolute Gasteiger partial charge is 0.261 e. The first-order valence-electron chi connectivity index (χ1n) is 5.39. The number of aromatic nitrogens is 1. The van der Waals surface area contributed by atoms with Gasteiger partial charge in [-0.1, -0.05) is 11.6 Å². The van der Waals surface area contributed by atoms with Gasteiger partial charge in [0.2, 0.25) is 5.91 Å². The molecule has 2 rings (SSSR count). The molecule has 7 heteroatoms. The Morgan fingerprint density at radius 1 is 1.42 bits per heavy atom. The number of carbonyl (C=O) groups excluding carboxylic acids is 1. The first-order chi connectivity index (χ1) is 8.88. The van der Waals surface area contributed by atoms with Gasteiger partial charge < -0.3 is 15.9 Å². The number of carbonyl (C=O) groups is 1. The van der Waals surface area contributed by atoms with Crippen molar-refractivity contribution in [3.05, 3.63) is 34.2 Å². The summed E-state index contributed by atoms with van der Waals surface area (Å²) in [6, 6.07) is 3.04. The van der Waals surface area contributed by atoms with Crippen LogP contribution in [0.4, 0.5) is 5.69 Å². The molecule has 1 aromatic carbocycles. The van der Waals surface area contributed by atoms with Crippen LogP contribution in [0, 0.1) is 13.8 Å². The molecule has 1 aromatic heterocycles. The van der Waals surface area contributed by atoms with Crippen molar-refractivity contribution in [2.24, 2.45) is 5.73 Å². The minimum Gasteiger partial charge on any atom is -0.436 e. The van der Waals surface area contributed by atoms with E-state index in [9.17, 15) is 4.79 Å². The lowest BCUT2D eigenvalue weighted by molar-refractivity contribution is 0.0997. The van der Waals surface area contributed by atoms with Gasteiger partial charge in [-0.3, -0.25) is 4.79 Å². The second kappa shape index (κ2) is 5.14. The SMILES string of the molecule is Cc1nc(Sc2c(Cl)cc(N)cc2C(N)=O)oc1C. The predicted molar refractivity (Wildman–Crippen MR) is 74.5 cm³/mol. The summed E-state index contributed by atoms with van der Waals surface area (Å²) in [5.74, 6) is 0.117. The van der Waals surface area contributed by atoms with Crippen LogP contribution in [0.5, 0.6) is 0 Å². The maximum Gasteiger partial charge on any atom is 0.261 e. The van der Waals surface area contributed by atoms with Crippen molar-refractivity contribution >= 4 is 35.0 Å². The summed E-state index contributed by atoms with van der Waals surface area (Å²) in [6.45, 7) is 3.65. The summed E-state index contributed by atoms with van der Waals surface area (Å²) < 4.78 is 5.45. The lowest BCUT2D eigenvalue weighted by atomic mass is 10.2. The second-order valence-electron chi connectivity index (χ2n) is 3.97. The van der Waals surface area contributed by atoms with Gasteiger partial charge in [0.15, 0.2) is 0 Å². The van der Waals surface area contributed by atoms with Crippen LogP contribution in [0.2, 0.25) is 5.02 Å². The van der Waals surface area contributed by atoms with E-state index in [0.717, 1.165) is 23.2 Å². The van der Waals surface area contributed by atoms with E-state index in [1.807, 2.05) is 13.8 Å². The zero-order valence-electron chi connectivity index (χ0n) is 10.4. The normalized spacial score (nSPS) is 10.7. The molecule has 4 N–H and O–H groups in total. The number of amides is 1. The van der Waals surface area contributed by atoms with E-state index in [0.29, 0.717) is 20.8 Å². The van der Waals surface area contributed by atoms with Crippen molar-refractivity contribution in [2.45, 2.75) is 24.0 Å². The van der Waals surface area contributed by atoms with Gasteiger partial charge in [-0.2, -0.15) is 0 Å². The van der Waals surface area contributed by atoms with Crippen molar-refractivity contribution in [3.63, 3.8) is 0 Å². The lowest BCUT2D eigenvalue weighted by Crippen LogP contribution is -2.13. The number of primary amides is 1. The monoisotopic (exact) mass is 297 g/mol. The molecule has 0 fully saturated rings. The zero-order chi connectivity index (χ0) is 14.2. The molecule has 100 valence electrons. The Bertz CT molecular complexity index is 635. The Balaban J connectivity index is 2.47. The number of anilines is 1. The van der Waals surface area contributed by atoms with E-state index in [1.54, 1.807) is 6.07 Å². The third-order valence-electron chi connectivity index (χ3n) is 2.53. The van der Waals surface area contributed by atoms with Gasteiger partial charge in [0, 0.05) is 10.6 Å². The van der Waals surface area contributed by atoms with E-state index in [-0.39, 0.29) is 5.56 Å². The highest BCUT2D eigenvalue weighted by Gasteiger charge is 2.17. The molecule has 0 aliphatic heterocycles. The third-order valence-corrected chi connectivity index (χ3v) is 3.93. The Morgan fingerprint density at radius 2 is 2.11 bits per heavy atom. The summed E-state index contributed by atoms with van der Waals surface area (Å²) in [5, 5.41) is 0.747. The number of oxazole rings is 1. The largest absolute Gasteiger partial charge is 0.436 e. The van der Waals surface area contributed by atoms with Crippen molar-refractivity contribution < 1.29 is 9.21 Å². The lowest BCUT2D eigenvalue weighted by Gasteiger charge is -2.07. The molecule has 0 radical (unpaired) electrons. The first kappa shape index (κ1) is 13.8. The average Bonchev–Trinajstić information content (AvgIpc) is 2.61. The molecule has 0 saturated heterocycles. The molecular formula is C12H12ClN3O2S. The summed E-state index contributed by atoms with van der Waals surface area (Å²) in [6.07, 6.45) is 0. The average molecular weight is 298 g/mol. The Morgan fingerprint density at radius 3 is 2.63 bits per heavy atom. The molecule has 0 atom stereocenters. The number of nitrogen functional groups attached to an aromatic ring is 1. The number of benzene rings is 1. The van der Waals surface area contributed by atoms with Gasteiger partial charge in [-0.05, 0) is 37.7 Å². The predicted octanol–water partition coefficient (Wildman–Crippen LogP) is 2.78. The van der Waals surface area contributed by atoms with Crippen molar-refractivity contribution in [3.8, 4) is 0 Å². The number of halogens is 1. The number of aryl methyl sites for hydroxylation is 2. The standard InChI is InChI=1S/C12H12ClN3O2S/c1-5-6(2)18-12(16-5)19-10-8(11(15)17)3-7(14)4-9(10)13/h3-4H,14H2,1-2H3,(H2,15,17). The molecule has 0 unspecified atom stereocenters. The molecule has 2 aromatic rings. The highest BCUT2D eigenvalue weighted by Crippen LogP contribution is 2.37. The van der Waals surface area contributed by atoms with Gasteiger partial charge in [0.05, 0.1) is 16.3 Å². The van der Waals surface area contributed by atoms with Crippen LogP contribution < -0.4 is 11.5 Å². The fourth-order valence-corrected chi connectivity index (χ4v) is 2.77. The third kappa shape index (κ3) is 2.85. The maximum absolute atomic E-state index is 11.4. The summed E-state index contributed by atoms with van der Waals surface area (Å²) in [7, 11) is 0. The summed E-state index contributed by atoms with van der Waals surface area (Å²) in [4.78, 5) is 16.1. The van der Waals surface area contributed by atoms with Crippen LogP contribution in [-0.4, -0.2) is 10.9 Å². The van der Waals surface area contributed by atoms with Gasteiger partial charge in [-0.15, -0.1) is 0 Å². The number of nitrogens with two attached hydrogens (primary N) is 2. The Kier molecular flexibility index (Phi) is 3.73. The quantitative estimate of drug-likeness (QED) is 0.849. The molecule has 0 saturated carbocycles. The Labute approximate surface area is 119 Å². The van der Waals surface area contributed by atoms with Crippen LogP contribution in [-0.2, 0) is 0 Å². The number of rotatable bonds is 3. The molecule has 0 spiro atoms. The van der Waals surface area contributed by atoms with E-state index in [1.165, 1.54) is 6.07 Å². The van der Waals surface area contributed by atoms with Crippen LogP contribution in [0.25, 0.3) is 0 Å². The molecule has 5 nitrogen and oxygen atoms in total. The summed E-state index contributed by atoms with van der Waals surface area (Å²) >= 11 is 7.24. The fourth-order valence-electron chi connectivity index (χ4n) is 1.48. The van der Waals surface area contributed by atoms with Crippen molar-refractivity contribution in [2.75, 3.05) is 5.73 Å². The van der Waals surface area contributed by atoms with Crippen molar-refractivity contribution in [1.82, 2.24) is 4.98 Å². The van der Waals surface area contributed by atoms with E-state index < -0.39 is 5.91 Å². The molecular weight excluding hydrogens is 286 g/mol. The molecule has 19 heavy (non-hydrogen) atoms. The van der Waals surface area contributed by atoms with E-state index >= 15 is 0 Å². The molecule has 0 bridgehead atoms. The highest BCUT2D eigenvalue weighted by atomic mass is 35.5. The zero-order valence-corrected chi connectivity index (χ0v) is 11.9. The second-order valence-corrected chi connectivity index (χ2v) is 5.34. The summed E-state index contributed by atoms with van der Waals surface area (Å²) in [5.41, 5.74) is 12.4. The minimum absolute atomic E-state index is 0.253. The highest BCUT2D eigenvalue weighted by molar-refractivity contribution is 7.99. The number of hydrogen-bond acceptors (Lipinski definition) is 5. The first-order valence-corrected chi connectivity index (χ1v) is 6.58. The van der Waals surface area contributed by atoms with E-state index in [4.69, 9.17) is 27.5 Å². The van der Waals surface area contributed by atoms with Crippen molar-refractivity contribution in [1.29, 1.82) is 0 Å². The van der Waals surface area contributed by atoms with Crippen LogP contribution in [0.3, 0.4) is 0 Å². The van der Waals surface area contributed by atoms with Gasteiger partial charge in [-0.25, -0.2) is 4.98 Å². The Hall–Kier alpha value is -1.66. The molecule has 1 amide bonds. The van der Waals surface area contributed by atoms with Gasteiger partial charge in [0.1, 0.15) is 5.76 Å². The van der Waals surface area contributed by atoms with E-state index in [2.05, 4.69) is 4.98 Å². The number of hydrogen-bond donors (Lipinski definition) is 2. The molecule has 0 aliphatic rings. The maximum atomic E-state index is 11.4. The van der Waals surface area contributed by atoms with Gasteiger partial charge in [0.25, 0.3) is 5.22 Å². The molecule has 1 heterocycles. The fraction of sp³-hybridized carbons (Fsp3) is 0.167.